The van der Waals surface area contributed by atoms with Crippen LogP contribution in [-0.2, 0) is 19.1 Å². The number of nitro groups is 1. The first kappa shape index (κ1) is 32.1. The summed E-state index contributed by atoms with van der Waals surface area (Å²) in [5.74, 6) is -0.196. The highest BCUT2D eigenvalue weighted by atomic mass is 16.7. The van der Waals surface area contributed by atoms with Gasteiger partial charge in [-0.25, -0.2) is 9.59 Å². The standard InChI is InChI=1S/C33H36N4O9/c1-4-42-32(38)29-20(2)34-21(3)30(31(29)23-10-9-11-24(16-23)37(40)41)33(39)44-15-8-6-5-7-14-43-28-18-25(35-36-28)22-12-13-26-27(17-22)46-19-45-26/h9-13,16-18,31,34H,4-8,14-15,19H2,1-3H3,(H,35,36). The maximum Gasteiger partial charge on any atom is 0.336 e. The van der Waals surface area contributed by atoms with Crippen LogP contribution in [0.2, 0.25) is 0 Å². The van der Waals surface area contributed by atoms with Gasteiger partial charge in [0.1, 0.15) is 0 Å². The average molecular weight is 633 g/mol. The second kappa shape index (κ2) is 14.6. The van der Waals surface area contributed by atoms with E-state index in [9.17, 15) is 19.7 Å². The third-order valence-corrected chi connectivity index (χ3v) is 7.65. The second-order valence-corrected chi connectivity index (χ2v) is 10.8. The van der Waals surface area contributed by atoms with Crippen LogP contribution in [0.3, 0.4) is 0 Å². The minimum absolute atomic E-state index is 0.134. The number of carbonyl (C=O) groups is 2. The van der Waals surface area contributed by atoms with Crippen LogP contribution in [0, 0.1) is 10.1 Å². The third kappa shape index (κ3) is 7.31. The lowest BCUT2D eigenvalue weighted by atomic mass is 9.80. The number of fused-ring (bicyclic) bond motifs is 1. The largest absolute Gasteiger partial charge is 0.477 e. The molecule has 0 saturated carbocycles. The van der Waals surface area contributed by atoms with Gasteiger partial charge in [-0.05, 0) is 70.2 Å². The van der Waals surface area contributed by atoms with Crippen molar-refractivity contribution < 1.29 is 38.2 Å². The summed E-state index contributed by atoms with van der Waals surface area (Å²) >= 11 is 0. The Balaban J connectivity index is 1.11. The highest BCUT2D eigenvalue weighted by Gasteiger charge is 2.38. The molecule has 13 heteroatoms. The van der Waals surface area contributed by atoms with E-state index in [2.05, 4.69) is 15.5 Å². The normalized spacial score (nSPS) is 15.4. The smallest absolute Gasteiger partial charge is 0.336 e. The quantitative estimate of drug-likeness (QED) is 0.0970. The number of nitrogens with zero attached hydrogens (tertiary/aromatic N) is 2. The van der Waals surface area contributed by atoms with E-state index in [0.717, 1.165) is 30.5 Å². The third-order valence-electron chi connectivity index (χ3n) is 7.65. The molecule has 5 rings (SSSR count). The molecular weight excluding hydrogens is 596 g/mol. The van der Waals surface area contributed by atoms with Crippen LogP contribution in [0.1, 0.15) is 57.9 Å². The number of unbranched alkanes of at least 4 members (excludes halogenated alkanes) is 3. The molecule has 13 nitrogen and oxygen atoms in total. The number of rotatable bonds is 14. The van der Waals surface area contributed by atoms with E-state index in [1.54, 1.807) is 26.8 Å². The van der Waals surface area contributed by atoms with Gasteiger partial charge in [-0.1, -0.05) is 12.1 Å². The van der Waals surface area contributed by atoms with Crippen LogP contribution in [0.25, 0.3) is 11.3 Å². The Morgan fingerprint density at radius 3 is 2.39 bits per heavy atom. The zero-order valence-electron chi connectivity index (χ0n) is 25.9. The van der Waals surface area contributed by atoms with Gasteiger partial charge >= 0.3 is 11.9 Å². The Kier molecular flexibility index (Phi) is 10.2. The summed E-state index contributed by atoms with van der Waals surface area (Å²) in [7, 11) is 0. The Hall–Kier alpha value is -5.33. The van der Waals surface area contributed by atoms with Gasteiger partial charge in [0.05, 0.1) is 47.5 Å². The lowest BCUT2D eigenvalue weighted by Crippen LogP contribution is -2.32. The topological polar surface area (TPSA) is 164 Å². The lowest BCUT2D eigenvalue weighted by molar-refractivity contribution is -0.384. The number of aromatic amines is 1. The number of non-ortho nitro benzene ring substituents is 1. The Morgan fingerprint density at radius 2 is 1.65 bits per heavy atom. The van der Waals surface area contributed by atoms with Crippen LogP contribution >= 0.6 is 0 Å². The summed E-state index contributed by atoms with van der Waals surface area (Å²) in [6, 6.07) is 13.4. The zero-order chi connectivity index (χ0) is 32.6. The highest BCUT2D eigenvalue weighted by molar-refractivity contribution is 6.00. The molecule has 0 amide bonds. The van der Waals surface area contributed by atoms with Crippen molar-refractivity contribution in [2.45, 2.75) is 52.4 Å². The van der Waals surface area contributed by atoms with Gasteiger partial charge in [-0.15, -0.1) is 5.10 Å². The predicted molar refractivity (Wildman–Crippen MR) is 166 cm³/mol. The van der Waals surface area contributed by atoms with Crippen molar-refractivity contribution in [3.05, 3.63) is 86.7 Å². The Morgan fingerprint density at radius 1 is 0.935 bits per heavy atom. The van der Waals surface area contributed by atoms with E-state index < -0.39 is 22.8 Å². The number of nitrogens with one attached hydrogen (secondary N) is 2. The van der Waals surface area contributed by atoms with Gasteiger partial charge in [0.25, 0.3) is 5.69 Å². The van der Waals surface area contributed by atoms with Crippen molar-refractivity contribution in [2.75, 3.05) is 26.6 Å². The predicted octanol–water partition coefficient (Wildman–Crippen LogP) is 5.69. The molecule has 2 aliphatic heterocycles. The molecule has 0 aliphatic carbocycles. The van der Waals surface area contributed by atoms with Gasteiger partial charge < -0.3 is 29.0 Å². The number of benzene rings is 2. The molecule has 2 aliphatic rings. The first-order chi connectivity index (χ1) is 22.3. The van der Waals surface area contributed by atoms with Crippen molar-refractivity contribution in [3.63, 3.8) is 0 Å². The molecule has 3 aromatic rings. The lowest BCUT2D eigenvalue weighted by Gasteiger charge is -2.30. The van der Waals surface area contributed by atoms with E-state index in [1.807, 2.05) is 24.3 Å². The number of aromatic nitrogens is 2. The molecule has 242 valence electrons. The molecule has 0 saturated heterocycles. The number of nitro benzene ring substituents is 1. The molecular formula is C33H36N4O9. The zero-order valence-corrected chi connectivity index (χ0v) is 25.9. The molecule has 46 heavy (non-hydrogen) atoms. The molecule has 2 aromatic carbocycles. The van der Waals surface area contributed by atoms with Gasteiger partial charge in [-0.3, -0.25) is 15.2 Å². The fourth-order valence-electron chi connectivity index (χ4n) is 5.46. The molecule has 1 aromatic heterocycles. The average Bonchev–Trinajstić information content (AvgIpc) is 3.71. The number of H-pyrrole nitrogens is 1. The monoisotopic (exact) mass is 632 g/mol. The van der Waals surface area contributed by atoms with Gasteiger partial charge in [0.2, 0.25) is 12.7 Å². The summed E-state index contributed by atoms with van der Waals surface area (Å²) in [6.45, 7) is 6.11. The Bertz CT molecular complexity index is 1680. The molecule has 0 spiro atoms. The van der Waals surface area contributed by atoms with E-state index in [1.165, 1.54) is 18.2 Å². The molecule has 3 heterocycles. The summed E-state index contributed by atoms with van der Waals surface area (Å²) in [5.41, 5.74) is 3.42. The molecule has 2 N–H and O–H groups in total. The minimum atomic E-state index is -0.891. The van der Waals surface area contributed by atoms with E-state index in [-0.39, 0.29) is 36.8 Å². The molecule has 0 radical (unpaired) electrons. The fraction of sp³-hybridized carbons (Fsp3) is 0.364. The number of esters is 2. The number of dihydropyridines is 1. The summed E-state index contributed by atoms with van der Waals surface area (Å²) < 4.78 is 27.5. The van der Waals surface area contributed by atoms with Crippen molar-refractivity contribution in [2.24, 2.45) is 0 Å². The maximum atomic E-state index is 13.4. The molecule has 1 unspecified atom stereocenters. The second-order valence-electron chi connectivity index (χ2n) is 10.8. The van der Waals surface area contributed by atoms with Crippen LogP contribution in [0.4, 0.5) is 5.69 Å². The van der Waals surface area contributed by atoms with Crippen molar-refractivity contribution in [1.29, 1.82) is 0 Å². The maximum absolute atomic E-state index is 13.4. The van der Waals surface area contributed by atoms with E-state index in [0.29, 0.717) is 47.4 Å². The van der Waals surface area contributed by atoms with Crippen LogP contribution < -0.4 is 19.5 Å². The van der Waals surface area contributed by atoms with E-state index in [4.69, 9.17) is 23.7 Å². The first-order valence-corrected chi connectivity index (χ1v) is 15.1. The summed E-state index contributed by atoms with van der Waals surface area (Å²) in [6.07, 6.45) is 3.07. The van der Waals surface area contributed by atoms with Crippen molar-refractivity contribution in [3.8, 4) is 28.6 Å². The molecule has 1 atom stereocenters. The fourth-order valence-corrected chi connectivity index (χ4v) is 5.46. The van der Waals surface area contributed by atoms with Crippen LogP contribution in [-0.4, -0.2) is 53.7 Å². The van der Waals surface area contributed by atoms with Crippen LogP contribution in [0.15, 0.2) is 71.1 Å². The van der Waals surface area contributed by atoms with Crippen molar-refractivity contribution >= 4 is 17.6 Å². The van der Waals surface area contributed by atoms with Crippen molar-refractivity contribution in [1.82, 2.24) is 15.5 Å². The Labute approximate surface area is 265 Å². The summed E-state index contributed by atoms with van der Waals surface area (Å²) in [4.78, 5) is 37.4. The van der Waals surface area contributed by atoms with Gasteiger partial charge in [0, 0.05) is 35.2 Å². The minimum Gasteiger partial charge on any atom is -0.477 e. The highest BCUT2D eigenvalue weighted by Crippen LogP contribution is 2.40. The number of hydrogen-bond donors (Lipinski definition) is 2. The SMILES string of the molecule is CCOC(=O)C1=C(C)NC(C)=C(C(=O)OCCCCCCOc2cc(-c3ccc4c(c3)OCO4)[nH]n2)C1c1cccc([N+](=O)[O-])c1. The number of hydrogen-bond acceptors (Lipinski definition) is 11. The molecule has 0 bridgehead atoms. The molecule has 0 fully saturated rings. The number of carbonyl (C=O) groups excluding carboxylic acids is 2. The number of allylic oxidation sites excluding steroid dienone is 2. The summed E-state index contributed by atoms with van der Waals surface area (Å²) in [5, 5.41) is 21.8. The van der Waals surface area contributed by atoms with Gasteiger partial charge in [-0.2, -0.15) is 0 Å². The first-order valence-electron chi connectivity index (χ1n) is 15.1. The van der Waals surface area contributed by atoms with Crippen LogP contribution in [0.5, 0.6) is 17.4 Å². The number of ether oxygens (including phenoxy) is 5. The van der Waals surface area contributed by atoms with E-state index >= 15 is 0 Å². The van der Waals surface area contributed by atoms with Gasteiger partial charge in [0.15, 0.2) is 11.5 Å².